The van der Waals surface area contributed by atoms with E-state index >= 15 is 0 Å². The van der Waals surface area contributed by atoms with Crippen molar-refractivity contribution in [2.45, 2.75) is 0 Å². The summed E-state index contributed by atoms with van der Waals surface area (Å²) in [5, 5.41) is 0.590. The Morgan fingerprint density at radius 1 is 0.909 bits per heavy atom. The summed E-state index contributed by atoms with van der Waals surface area (Å²) < 4.78 is 0. The second-order valence-corrected chi connectivity index (χ2v) is 2.72. The molecule has 0 fully saturated rings. The first-order valence-electron chi connectivity index (χ1n) is 2.53. The fraction of sp³-hybridized carbons (Fsp3) is 0. The maximum atomic E-state index is 8.64. The Bertz CT molecular complexity index is 181. The Morgan fingerprint density at radius 3 is 1.64 bits per heavy atom. The van der Waals surface area contributed by atoms with Gasteiger partial charge in [-0.1, -0.05) is 18.2 Å². The van der Waals surface area contributed by atoms with E-state index in [0.717, 1.165) is 0 Å². The Hall–Kier alpha value is 0.150. The minimum atomic E-state index is -1.90. The van der Waals surface area contributed by atoms with Crippen molar-refractivity contribution < 1.29 is 9.79 Å². The molecule has 2 N–H and O–H groups in total. The molecule has 0 saturated carbocycles. The van der Waals surface area contributed by atoms with Crippen LogP contribution in [-0.2, 0) is 0 Å². The summed E-state index contributed by atoms with van der Waals surface area (Å²) in [6.07, 6.45) is 0. The monoisotopic (exact) mass is 214 g/mol. The van der Waals surface area contributed by atoms with E-state index in [2.05, 4.69) is 0 Å². The number of hydrogen-bond acceptors (Lipinski definition) is 2. The van der Waals surface area contributed by atoms with Crippen molar-refractivity contribution in [3.05, 3.63) is 30.3 Å². The average Bonchev–Trinajstić information content (AvgIpc) is 1.90. The summed E-state index contributed by atoms with van der Waals surface area (Å²) in [5.41, 5.74) is 0. The standard InChI is InChI=1S/C6H7O2P.2ClH/c7-9(8)6-4-2-1-3-5-6;;/h1-5,7-8H;2*1H. The second kappa shape index (κ2) is 6.84. The number of benzene rings is 1. The van der Waals surface area contributed by atoms with Gasteiger partial charge in [-0.25, -0.2) is 0 Å². The molecule has 1 aromatic carbocycles. The predicted octanol–water partition coefficient (Wildman–Crippen LogP) is 1.45. The van der Waals surface area contributed by atoms with E-state index in [0.29, 0.717) is 5.30 Å². The van der Waals surface area contributed by atoms with Crippen LogP contribution < -0.4 is 5.30 Å². The van der Waals surface area contributed by atoms with Crippen LogP contribution in [0.5, 0.6) is 0 Å². The second-order valence-electron chi connectivity index (χ2n) is 1.62. The third-order valence-corrected chi connectivity index (χ3v) is 1.75. The van der Waals surface area contributed by atoms with Crippen LogP contribution in [0.2, 0.25) is 0 Å². The smallest absolute Gasteiger partial charge is 0.199 e. The zero-order chi connectivity index (χ0) is 6.69. The van der Waals surface area contributed by atoms with Crippen molar-refractivity contribution >= 4 is 38.5 Å². The Labute approximate surface area is 79.0 Å². The highest BCUT2D eigenvalue weighted by atomic mass is 35.5. The van der Waals surface area contributed by atoms with Gasteiger partial charge in [-0.3, -0.25) is 0 Å². The first-order valence-corrected chi connectivity index (χ1v) is 3.78. The highest BCUT2D eigenvalue weighted by molar-refractivity contribution is 7.53. The molecule has 0 aliphatic heterocycles. The van der Waals surface area contributed by atoms with Crippen LogP contribution in [0, 0.1) is 0 Å². The van der Waals surface area contributed by atoms with Gasteiger partial charge in [0.2, 0.25) is 0 Å². The van der Waals surface area contributed by atoms with Crippen LogP contribution in [0.3, 0.4) is 0 Å². The Kier molecular flexibility index (Phi) is 8.53. The lowest BCUT2D eigenvalue weighted by atomic mass is 10.4. The van der Waals surface area contributed by atoms with E-state index in [9.17, 15) is 0 Å². The maximum Gasteiger partial charge on any atom is 0.199 e. The van der Waals surface area contributed by atoms with Crippen molar-refractivity contribution in [1.82, 2.24) is 0 Å². The third kappa shape index (κ3) is 4.57. The van der Waals surface area contributed by atoms with Gasteiger partial charge in [-0.2, -0.15) is 0 Å². The predicted molar refractivity (Wildman–Crippen MR) is 51.9 cm³/mol. The van der Waals surface area contributed by atoms with Gasteiger partial charge in [0.1, 0.15) is 0 Å². The molecule has 0 aliphatic carbocycles. The van der Waals surface area contributed by atoms with E-state index in [4.69, 9.17) is 9.79 Å². The lowest BCUT2D eigenvalue weighted by molar-refractivity contribution is 0.497. The topological polar surface area (TPSA) is 40.5 Å². The first kappa shape index (κ1) is 13.7. The molecular weight excluding hydrogens is 206 g/mol. The molecule has 64 valence electrons. The van der Waals surface area contributed by atoms with Gasteiger partial charge < -0.3 is 9.79 Å². The van der Waals surface area contributed by atoms with Crippen LogP contribution in [0.1, 0.15) is 0 Å². The summed E-state index contributed by atoms with van der Waals surface area (Å²) in [7, 11) is -1.90. The summed E-state index contributed by atoms with van der Waals surface area (Å²) in [5.74, 6) is 0. The molecule has 0 unspecified atom stereocenters. The SMILES string of the molecule is Cl.Cl.OP(O)c1ccccc1. The molecule has 0 heterocycles. The van der Waals surface area contributed by atoms with Crippen molar-refractivity contribution in [1.29, 1.82) is 0 Å². The van der Waals surface area contributed by atoms with E-state index in [-0.39, 0.29) is 24.8 Å². The molecule has 0 aromatic heterocycles. The van der Waals surface area contributed by atoms with Crippen molar-refractivity contribution in [2.75, 3.05) is 0 Å². The zero-order valence-corrected chi connectivity index (χ0v) is 8.07. The number of rotatable bonds is 1. The Balaban J connectivity index is 0. The third-order valence-electron chi connectivity index (χ3n) is 0.987. The van der Waals surface area contributed by atoms with Gasteiger partial charge >= 0.3 is 0 Å². The first-order chi connectivity index (χ1) is 4.30. The highest BCUT2D eigenvalue weighted by Gasteiger charge is 1.98. The van der Waals surface area contributed by atoms with Gasteiger partial charge in [0.15, 0.2) is 8.38 Å². The van der Waals surface area contributed by atoms with Crippen molar-refractivity contribution in [3.63, 3.8) is 0 Å². The van der Waals surface area contributed by atoms with Crippen LogP contribution in [0.4, 0.5) is 0 Å². The fourth-order valence-electron chi connectivity index (χ4n) is 0.561. The maximum absolute atomic E-state index is 8.64. The van der Waals surface area contributed by atoms with Gasteiger partial charge in [0.25, 0.3) is 0 Å². The van der Waals surface area contributed by atoms with Gasteiger partial charge in [-0.05, 0) is 12.1 Å². The molecule has 0 aliphatic rings. The molecule has 2 nitrogen and oxygen atoms in total. The number of halogens is 2. The summed E-state index contributed by atoms with van der Waals surface area (Å²) in [4.78, 5) is 17.3. The lowest BCUT2D eigenvalue weighted by Crippen LogP contribution is -1.96. The van der Waals surface area contributed by atoms with Gasteiger partial charge in [0.05, 0.1) is 0 Å². The van der Waals surface area contributed by atoms with E-state index in [1.807, 2.05) is 6.07 Å². The molecular formula is C6H9Cl2O2P. The van der Waals surface area contributed by atoms with Crippen LogP contribution in [-0.4, -0.2) is 9.79 Å². The van der Waals surface area contributed by atoms with Crippen LogP contribution in [0.25, 0.3) is 0 Å². The van der Waals surface area contributed by atoms with Crippen LogP contribution >= 0.6 is 33.2 Å². The van der Waals surface area contributed by atoms with Crippen molar-refractivity contribution in [2.24, 2.45) is 0 Å². The normalized spacial score (nSPS) is 8.27. The minimum absolute atomic E-state index is 0. The Morgan fingerprint density at radius 2 is 1.36 bits per heavy atom. The molecule has 1 aromatic rings. The molecule has 0 saturated heterocycles. The molecule has 0 bridgehead atoms. The summed E-state index contributed by atoms with van der Waals surface area (Å²) in [6, 6.07) is 8.76. The quantitative estimate of drug-likeness (QED) is 0.696. The largest absolute Gasteiger partial charge is 0.347 e. The fourth-order valence-corrected chi connectivity index (χ4v) is 1.00. The minimum Gasteiger partial charge on any atom is -0.347 e. The van der Waals surface area contributed by atoms with Gasteiger partial charge in [0, 0.05) is 5.30 Å². The summed E-state index contributed by atoms with van der Waals surface area (Å²) >= 11 is 0. The number of hydrogen-bond donors (Lipinski definition) is 2. The van der Waals surface area contributed by atoms with E-state index in [1.165, 1.54) is 0 Å². The molecule has 0 atom stereocenters. The van der Waals surface area contributed by atoms with Crippen molar-refractivity contribution in [3.8, 4) is 0 Å². The zero-order valence-electron chi connectivity index (χ0n) is 5.54. The van der Waals surface area contributed by atoms with Gasteiger partial charge in [-0.15, -0.1) is 24.8 Å². The van der Waals surface area contributed by atoms with Crippen LogP contribution in [0.15, 0.2) is 30.3 Å². The molecule has 11 heavy (non-hydrogen) atoms. The summed E-state index contributed by atoms with van der Waals surface area (Å²) in [6.45, 7) is 0. The molecule has 5 heteroatoms. The molecule has 0 amide bonds. The average molecular weight is 215 g/mol. The molecule has 1 rings (SSSR count). The van der Waals surface area contributed by atoms with E-state index in [1.54, 1.807) is 24.3 Å². The lowest BCUT2D eigenvalue weighted by Gasteiger charge is -1.98. The molecule has 0 spiro atoms. The van der Waals surface area contributed by atoms with E-state index < -0.39 is 8.38 Å². The highest BCUT2D eigenvalue weighted by Crippen LogP contribution is 2.20. The molecule has 0 radical (unpaired) electrons.